The van der Waals surface area contributed by atoms with Gasteiger partial charge in [-0.2, -0.15) is 0 Å². The summed E-state index contributed by atoms with van der Waals surface area (Å²) in [5.41, 5.74) is -0.791. The predicted octanol–water partition coefficient (Wildman–Crippen LogP) is 3.28. The van der Waals surface area contributed by atoms with Gasteiger partial charge in [-0.1, -0.05) is 29.8 Å². The summed E-state index contributed by atoms with van der Waals surface area (Å²) in [5, 5.41) is 3.70. The zero-order valence-electron chi connectivity index (χ0n) is 8.76. The summed E-state index contributed by atoms with van der Waals surface area (Å²) in [6, 6.07) is 7.04. The van der Waals surface area contributed by atoms with E-state index in [1.165, 1.54) is 0 Å². The van der Waals surface area contributed by atoms with Crippen LogP contribution >= 0.6 is 11.6 Å². The molecule has 15 heavy (non-hydrogen) atoms. The maximum absolute atomic E-state index is 14.6. The molecule has 2 atom stereocenters. The summed E-state index contributed by atoms with van der Waals surface area (Å²) >= 11 is 6.02. The lowest BCUT2D eigenvalue weighted by Gasteiger charge is -2.28. The van der Waals surface area contributed by atoms with Gasteiger partial charge in [0.05, 0.1) is 0 Å². The van der Waals surface area contributed by atoms with Crippen LogP contribution < -0.4 is 5.32 Å². The van der Waals surface area contributed by atoms with Crippen LogP contribution in [0.3, 0.4) is 0 Å². The molecule has 0 spiro atoms. The molecule has 2 rings (SSSR count). The van der Waals surface area contributed by atoms with Crippen molar-refractivity contribution in [2.75, 3.05) is 6.54 Å². The largest absolute Gasteiger partial charge is 0.311 e. The highest BCUT2D eigenvalue weighted by Gasteiger charge is 2.38. The molecule has 3 heteroatoms. The summed E-state index contributed by atoms with van der Waals surface area (Å²) in [4.78, 5) is 0. The monoisotopic (exact) mass is 227 g/mol. The van der Waals surface area contributed by atoms with Crippen LogP contribution in [0.4, 0.5) is 4.39 Å². The van der Waals surface area contributed by atoms with Crippen molar-refractivity contribution in [2.45, 2.75) is 31.5 Å². The SMILES string of the molecule is CC(F)(c1ccccc1Cl)C1CCCN1. The molecule has 1 heterocycles. The van der Waals surface area contributed by atoms with E-state index in [-0.39, 0.29) is 6.04 Å². The van der Waals surface area contributed by atoms with Crippen molar-refractivity contribution in [2.24, 2.45) is 0 Å². The van der Waals surface area contributed by atoms with Crippen LogP contribution in [-0.2, 0) is 5.67 Å². The number of halogens is 2. The van der Waals surface area contributed by atoms with E-state index in [0.29, 0.717) is 10.6 Å². The fraction of sp³-hybridized carbons (Fsp3) is 0.500. The minimum absolute atomic E-state index is 0.114. The maximum Gasteiger partial charge on any atom is 0.149 e. The number of hydrogen-bond acceptors (Lipinski definition) is 1. The standard InChI is InChI=1S/C12H15ClFN/c1-12(14,11-7-4-8-15-11)9-5-2-3-6-10(9)13/h2-3,5-6,11,15H,4,7-8H2,1H3. The summed E-state index contributed by atoms with van der Waals surface area (Å²) < 4.78 is 14.6. The smallest absolute Gasteiger partial charge is 0.149 e. The zero-order chi connectivity index (χ0) is 10.9. The molecule has 0 saturated carbocycles. The summed E-state index contributed by atoms with van der Waals surface area (Å²) in [6.45, 7) is 2.51. The molecule has 1 aromatic rings. The van der Waals surface area contributed by atoms with Crippen molar-refractivity contribution in [3.63, 3.8) is 0 Å². The summed E-state index contributed by atoms with van der Waals surface area (Å²) in [6.07, 6.45) is 1.91. The van der Waals surface area contributed by atoms with Crippen molar-refractivity contribution in [3.05, 3.63) is 34.9 Å². The molecule has 0 radical (unpaired) electrons. The van der Waals surface area contributed by atoms with Crippen molar-refractivity contribution >= 4 is 11.6 Å². The predicted molar refractivity (Wildman–Crippen MR) is 60.9 cm³/mol. The highest BCUT2D eigenvalue weighted by atomic mass is 35.5. The Morgan fingerprint density at radius 2 is 2.20 bits per heavy atom. The normalized spacial score (nSPS) is 25.1. The fourth-order valence-electron chi connectivity index (χ4n) is 2.19. The van der Waals surface area contributed by atoms with Crippen LogP contribution in [0.5, 0.6) is 0 Å². The Morgan fingerprint density at radius 3 is 2.80 bits per heavy atom. The van der Waals surface area contributed by atoms with E-state index in [1.807, 2.05) is 12.1 Å². The van der Waals surface area contributed by atoms with Gasteiger partial charge in [-0.25, -0.2) is 4.39 Å². The first kappa shape index (κ1) is 10.9. The number of rotatable bonds is 2. The molecule has 0 aliphatic carbocycles. The lowest BCUT2D eigenvalue weighted by atomic mass is 9.89. The lowest BCUT2D eigenvalue weighted by Crippen LogP contribution is -2.39. The zero-order valence-corrected chi connectivity index (χ0v) is 9.52. The van der Waals surface area contributed by atoms with E-state index < -0.39 is 5.67 Å². The van der Waals surface area contributed by atoms with E-state index in [4.69, 9.17) is 11.6 Å². The highest BCUT2D eigenvalue weighted by Crippen LogP contribution is 2.37. The number of nitrogens with one attached hydrogen (secondary N) is 1. The van der Waals surface area contributed by atoms with Gasteiger partial charge < -0.3 is 5.32 Å². The van der Waals surface area contributed by atoms with Crippen LogP contribution in [0.15, 0.2) is 24.3 Å². The van der Waals surface area contributed by atoms with Crippen molar-refractivity contribution in [1.29, 1.82) is 0 Å². The van der Waals surface area contributed by atoms with Gasteiger partial charge in [-0.05, 0) is 32.4 Å². The van der Waals surface area contributed by atoms with Gasteiger partial charge in [-0.3, -0.25) is 0 Å². The lowest BCUT2D eigenvalue weighted by molar-refractivity contribution is 0.137. The molecule has 82 valence electrons. The van der Waals surface area contributed by atoms with E-state index >= 15 is 0 Å². The van der Waals surface area contributed by atoms with Gasteiger partial charge in [0.2, 0.25) is 0 Å². The molecule has 0 amide bonds. The van der Waals surface area contributed by atoms with Crippen molar-refractivity contribution in [1.82, 2.24) is 5.32 Å². The Morgan fingerprint density at radius 1 is 1.47 bits per heavy atom. The Balaban J connectivity index is 2.31. The van der Waals surface area contributed by atoms with Crippen molar-refractivity contribution in [3.8, 4) is 0 Å². The van der Waals surface area contributed by atoms with Crippen molar-refractivity contribution < 1.29 is 4.39 Å². The Labute approximate surface area is 94.6 Å². The second-order valence-corrected chi connectivity index (χ2v) is 4.61. The Bertz CT molecular complexity index is 345. The second-order valence-electron chi connectivity index (χ2n) is 4.20. The highest BCUT2D eigenvalue weighted by molar-refractivity contribution is 6.31. The average molecular weight is 228 g/mol. The van der Waals surface area contributed by atoms with E-state index in [9.17, 15) is 4.39 Å². The fourth-order valence-corrected chi connectivity index (χ4v) is 2.51. The molecule has 1 aliphatic rings. The van der Waals surface area contributed by atoms with Gasteiger partial charge in [0.15, 0.2) is 0 Å². The molecule has 1 fully saturated rings. The number of benzene rings is 1. The third kappa shape index (κ3) is 2.01. The van der Waals surface area contributed by atoms with Gasteiger partial charge in [0, 0.05) is 16.6 Å². The maximum atomic E-state index is 14.6. The van der Waals surface area contributed by atoms with Crippen LogP contribution in [0, 0.1) is 0 Å². The molecule has 1 saturated heterocycles. The Hall–Kier alpha value is -0.600. The van der Waals surface area contributed by atoms with Gasteiger partial charge >= 0.3 is 0 Å². The minimum atomic E-state index is -1.38. The molecular weight excluding hydrogens is 213 g/mol. The summed E-state index contributed by atoms with van der Waals surface area (Å²) in [7, 11) is 0. The van der Waals surface area contributed by atoms with Crippen LogP contribution in [0.2, 0.25) is 5.02 Å². The van der Waals surface area contributed by atoms with Crippen LogP contribution in [0.25, 0.3) is 0 Å². The van der Waals surface area contributed by atoms with Crippen LogP contribution in [0.1, 0.15) is 25.3 Å². The molecule has 1 N–H and O–H groups in total. The molecule has 0 bridgehead atoms. The molecule has 2 unspecified atom stereocenters. The molecule has 1 nitrogen and oxygen atoms in total. The number of alkyl halides is 1. The van der Waals surface area contributed by atoms with Gasteiger partial charge in [0.1, 0.15) is 5.67 Å². The number of hydrogen-bond donors (Lipinski definition) is 1. The van der Waals surface area contributed by atoms with Gasteiger partial charge in [-0.15, -0.1) is 0 Å². The minimum Gasteiger partial charge on any atom is -0.311 e. The molecule has 1 aromatic carbocycles. The topological polar surface area (TPSA) is 12.0 Å². The van der Waals surface area contributed by atoms with E-state index in [0.717, 1.165) is 19.4 Å². The van der Waals surface area contributed by atoms with E-state index in [2.05, 4.69) is 5.32 Å². The molecule has 1 aliphatic heterocycles. The average Bonchev–Trinajstić information content (AvgIpc) is 2.71. The van der Waals surface area contributed by atoms with Gasteiger partial charge in [0.25, 0.3) is 0 Å². The Kier molecular flexibility index (Phi) is 2.98. The quantitative estimate of drug-likeness (QED) is 0.818. The van der Waals surface area contributed by atoms with E-state index in [1.54, 1.807) is 19.1 Å². The first-order valence-corrected chi connectivity index (χ1v) is 5.67. The first-order chi connectivity index (χ1) is 7.12. The third-order valence-corrected chi connectivity index (χ3v) is 3.44. The first-order valence-electron chi connectivity index (χ1n) is 5.29. The second kappa shape index (κ2) is 4.11. The summed E-state index contributed by atoms with van der Waals surface area (Å²) in [5.74, 6) is 0. The third-order valence-electron chi connectivity index (χ3n) is 3.12. The molecular formula is C12H15ClFN. The molecule has 0 aromatic heterocycles. The van der Waals surface area contributed by atoms with Crippen LogP contribution in [-0.4, -0.2) is 12.6 Å².